The Morgan fingerprint density at radius 3 is 2.75 bits per heavy atom. The normalized spacial score (nSPS) is 15.1. The standard InChI is InChI=1S/C23H24FNO2S/c1-15-13-16(24)11-12-20(15)25-23(26)22-19(14-28-17-7-3-2-4-8-17)18-9-5-6-10-21(18)27-22/h5-6,9-13,17H,2-4,7-8,14H2,1H3,(H,25,26). The zero-order valence-electron chi connectivity index (χ0n) is 16.0. The van der Waals surface area contributed by atoms with Crippen molar-refractivity contribution in [3.05, 3.63) is 65.2 Å². The Hall–Kier alpha value is -2.27. The smallest absolute Gasteiger partial charge is 0.291 e. The van der Waals surface area contributed by atoms with Gasteiger partial charge < -0.3 is 9.73 Å². The predicted octanol–water partition coefficient (Wildman–Crippen LogP) is 6.70. The van der Waals surface area contributed by atoms with Crippen LogP contribution in [0, 0.1) is 12.7 Å². The van der Waals surface area contributed by atoms with Gasteiger partial charge in [-0.2, -0.15) is 11.8 Å². The molecule has 1 heterocycles. The molecule has 3 nitrogen and oxygen atoms in total. The minimum atomic E-state index is -0.316. The lowest BCUT2D eigenvalue weighted by atomic mass is 10.0. The molecule has 1 amide bonds. The third-order valence-corrected chi connectivity index (χ3v) is 6.75. The molecule has 1 aliphatic carbocycles. The van der Waals surface area contributed by atoms with E-state index in [2.05, 4.69) is 5.32 Å². The molecule has 1 aromatic heterocycles. The van der Waals surface area contributed by atoms with Gasteiger partial charge in [0.2, 0.25) is 0 Å². The van der Waals surface area contributed by atoms with Crippen LogP contribution in [0.5, 0.6) is 0 Å². The van der Waals surface area contributed by atoms with E-state index in [9.17, 15) is 9.18 Å². The number of carbonyl (C=O) groups is 1. The lowest BCUT2D eigenvalue weighted by Crippen LogP contribution is -2.14. The quantitative estimate of drug-likeness (QED) is 0.521. The first-order valence-corrected chi connectivity index (χ1v) is 10.9. The van der Waals surface area contributed by atoms with E-state index in [0.29, 0.717) is 22.3 Å². The second-order valence-corrected chi connectivity index (χ2v) is 8.68. The Balaban J connectivity index is 1.60. The molecule has 5 heteroatoms. The molecule has 0 atom stereocenters. The number of rotatable bonds is 5. The second-order valence-electron chi connectivity index (χ2n) is 7.39. The van der Waals surface area contributed by atoms with Gasteiger partial charge in [-0.05, 0) is 49.6 Å². The van der Waals surface area contributed by atoms with E-state index >= 15 is 0 Å². The van der Waals surface area contributed by atoms with Crippen LogP contribution in [-0.4, -0.2) is 11.2 Å². The van der Waals surface area contributed by atoms with Crippen molar-refractivity contribution in [3.63, 3.8) is 0 Å². The maximum absolute atomic E-state index is 13.4. The highest BCUT2D eigenvalue weighted by atomic mass is 32.2. The van der Waals surface area contributed by atoms with Crippen LogP contribution in [-0.2, 0) is 5.75 Å². The van der Waals surface area contributed by atoms with Crippen molar-refractivity contribution in [2.45, 2.75) is 50.0 Å². The Labute approximate surface area is 168 Å². The summed E-state index contributed by atoms with van der Waals surface area (Å²) in [7, 11) is 0. The van der Waals surface area contributed by atoms with E-state index in [1.165, 1.54) is 44.2 Å². The van der Waals surface area contributed by atoms with Gasteiger partial charge >= 0.3 is 0 Å². The number of anilines is 1. The van der Waals surface area contributed by atoms with E-state index in [4.69, 9.17) is 4.42 Å². The first-order valence-electron chi connectivity index (χ1n) is 9.81. The largest absolute Gasteiger partial charge is 0.451 e. The number of furan rings is 1. The van der Waals surface area contributed by atoms with Gasteiger partial charge in [-0.15, -0.1) is 0 Å². The van der Waals surface area contributed by atoms with Crippen molar-refractivity contribution in [1.82, 2.24) is 0 Å². The van der Waals surface area contributed by atoms with Crippen LogP contribution < -0.4 is 5.32 Å². The number of nitrogens with one attached hydrogen (secondary N) is 1. The molecule has 1 N–H and O–H groups in total. The number of amides is 1. The molecule has 0 bridgehead atoms. The minimum absolute atomic E-state index is 0.287. The number of para-hydroxylation sites is 1. The van der Waals surface area contributed by atoms with E-state index in [1.807, 2.05) is 36.0 Å². The topological polar surface area (TPSA) is 42.2 Å². The molecule has 1 aliphatic rings. The Kier molecular flexibility index (Phi) is 5.72. The average Bonchev–Trinajstić information content (AvgIpc) is 3.08. The molecule has 0 aliphatic heterocycles. The summed E-state index contributed by atoms with van der Waals surface area (Å²) in [6.45, 7) is 1.77. The highest BCUT2D eigenvalue weighted by molar-refractivity contribution is 7.99. The van der Waals surface area contributed by atoms with Gasteiger partial charge in [0, 0.05) is 27.6 Å². The third kappa shape index (κ3) is 4.09. The first kappa shape index (κ1) is 19.1. The van der Waals surface area contributed by atoms with Crippen LogP contribution in [0.3, 0.4) is 0 Å². The molecule has 4 rings (SSSR count). The van der Waals surface area contributed by atoms with Crippen LogP contribution in [0.25, 0.3) is 11.0 Å². The van der Waals surface area contributed by atoms with Crippen molar-refractivity contribution >= 4 is 34.3 Å². The summed E-state index contributed by atoms with van der Waals surface area (Å²) in [5, 5.41) is 4.53. The summed E-state index contributed by atoms with van der Waals surface area (Å²) in [4.78, 5) is 13.0. The highest BCUT2D eigenvalue weighted by Crippen LogP contribution is 2.35. The average molecular weight is 398 g/mol. The SMILES string of the molecule is Cc1cc(F)ccc1NC(=O)c1oc2ccccc2c1CSC1CCCCC1. The van der Waals surface area contributed by atoms with Crippen molar-refractivity contribution in [3.8, 4) is 0 Å². The highest BCUT2D eigenvalue weighted by Gasteiger charge is 2.23. The van der Waals surface area contributed by atoms with Crippen LogP contribution in [0.15, 0.2) is 46.9 Å². The fourth-order valence-electron chi connectivity index (χ4n) is 3.80. The molecule has 0 saturated heterocycles. The number of aryl methyl sites for hydroxylation is 1. The van der Waals surface area contributed by atoms with Crippen molar-refractivity contribution in [2.24, 2.45) is 0 Å². The van der Waals surface area contributed by atoms with Crippen molar-refractivity contribution < 1.29 is 13.6 Å². The van der Waals surface area contributed by atoms with Crippen LogP contribution >= 0.6 is 11.8 Å². The van der Waals surface area contributed by atoms with Gasteiger partial charge in [0.15, 0.2) is 5.76 Å². The Bertz CT molecular complexity index is 991. The molecule has 2 aromatic carbocycles. The van der Waals surface area contributed by atoms with E-state index in [-0.39, 0.29) is 11.7 Å². The van der Waals surface area contributed by atoms with Crippen molar-refractivity contribution in [2.75, 3.05) is 5.32 Å². The number of thioether (sulfide) groups is 1. The summed E-state index contributed by atoms with van der Waals surface area (Å²) in [5.74, 6) is 0.509. The minimum Gasteiger partial charge on any atom is -0.451 e. The first-order chi connectivity index (χ1) is 13.6. The number of hydrogen-bond donors (Lipinski definition) is 1. The maximum atomic E-state index is 13.4. The van der Waals surface area contributed by atoms with Crippen LogP contribution in [0.2, 0.25) is 0 Å². The van der Waals surface area contributed by atoms with Gasteiger partial charge in [0.05, 0.1) is 0 Å². The molecular weight excluding hydrogens is 373 g/mol. The molecule has 146 valence electrons. The van der Waals surface area contributed by atoms with Crippen LogP contribution in [0.4, 0.5) is 10.1 Å². The number of benzene rings is 2. The van der Waals surface area contributed by atoms with E-state index < -0.39 is 0 Å². The van der Waals surface area contributed by atoms with Gasteiger partial charge in [-0.25, -0.2) is 4.39 Å². The summed E-state index contributed by atoms with van der Waals surface area (Å²) >= 11 is 1.92. The van der Waals surface area contributed by atoms with Gasteiger partial charge in [0.1, 0.15) is 11.4 Å². The monoisotopic (exact) mass is 397 g/mol. The number of halogens is 1. The van der Waals surface area contributed by atoms with E-state index in [0.717, 1.165) is 22.3 Å². The molecule has 0 unspecified atom stereocenters. The lowest BCUT2D eigenvalue weighted by Gasteiger charge is -2.20. The number of hydrogen-bond acceptors (Lipinski definition) is 3. The van der Waals surface area contributed by atoms with Crippen LogP contribution in [0.1, 0.15) is 53.8 Å². The fraction of sp³-hybridized carbons (Fsp3) is 0.348. The predicted molar refractivity (Wildman–Crippen MR) is 113 cm³/mol. The third-order valence-electron chi connectivity index (χ3n) is 5.36. The molecule has 1 saturated carbocycles. The summed E-state index contributed by atoms with van der Waals surface area (Å²) in [5.41, 5.74) is 2.95. The lowest BCUT2D eigenvalue weighted by molar-refractivity contribution is 0.0997. The molecule has 0 spiro atoms. The molecule has 1 fully saturated rings. The Morgan fingerprint density at radius 1 is 1.18 bits per heavy atom. The zero-order chi connectivity index (χ0) is 19.5. The zero-order valence-corrected chi connectivity index (χ0v) is 16.8. The summed E-state index contributed by atoms with van der Waals surface area (Å²) < 4.78 is 19.3. The van der Waals surface area contributed by atoms with Gasteiger partial charge in [0.25, 0.3) is 5.91 Å². The maximum Gasteiger partial charge on any atom is 0.291 e. The van der Waals surface area contributed by atoms with Gasteiger partial charge in [-0.3, -0.25) is 4.79 Å². The second kappa shape index (κ2) is 8.39. The van der Waals surface area contributed by atoms with Crippen molar-refractivity contribution in [1.29, 1.82) is 0 Å². The molecular formula is C23H24FNO2S. The van der Waals surface area contributed by atoms with E-state index in [1.54, 1.807) is 13.0 Å². The number of carbonyl (C=O) groups excluding carboxylic acids is 1. The fourth-order valence-corrected chi connectivity index (χ4v) is 5.16. The molecule has 3 aromatic rings. The molecule has 0 radical (unpaired) electrons. The number of fused-ring (bicyclic) bond motifs is 1. The molecule has 28 heavy (non-hydrogen) atoms. The summed E-state index contributed by atoms with van der Waals surface area (Å²) in [6, 6.07) is 12.1. The summed E-state index contributed by atoms with van der Waals surface area (Å²) in [6.07, 6.45) is 6.41. The van der Waals surface area contributed by atoms with Gasteiger partial charge in [-0.1, -0.05) is 37.5 Å². The Morgan fingerprint density at radius 2 is 1.96 bits per heavy atom.